The molecule has 0 radical (unpaired) electrons. The number of carbonyl (C=O) groups is 1. The molecule has 13 heteroatoms. The number of hydrogen-bond donors (Lipinski definition) is 3. The van der Waals surface area contributed by atoms with E-state index >= 15 is 0 Å². The Labute approximate surface area is 259 Å². The number of nitrogens with one attached hydrogen (secondary N) is 3. The minimum absolute atomic E-state index is 0.0144. The summed E-state index contributed by atoms with van der Waals surface area (Å²) in [4.78, 5) is 24.6. The highest BCUT2D eigenvalue weighted by Crippen LogP contribution is 2.40. The Morgan fingerprint density at radius 1 is 0.930 bits per heavy atom. The van der Waals surface area contributed by atoms with Crippen molar-refractivity contribution in [2.75, 3.05) is 63.0 Å². The number of para-hydroxylation sites is 1. The number of anilines is 4. The van der Waals surface area contributed by atoms with Crippen LogP contribution in [0.2, 0.25) is 10.0 Å². The molecule has 1 fully saturated rings. The van der Waals surface area contributed by atoms with E-state index in [1.54, 1.807) is 30.3 Å². The molecule has 0 aliphatic carbocycles. The Hall–Kier alpha value is -4.45. The monoisotopic (exact) mass is 624 g/mol. The molecule has 3 aromatic carbocycles. The van der Waals surface area contributed by atoms with Crippen LogP contribution in [0.1, 0.15) is 10.4 Å². The van der Waals surface area contributed by atoms with Crippen LogP contribution >= 0.6 is 23.2 Å². The molecule has 1 aliphatic heterocycles. The first-order valence-electron chi connectivity index (χ1n) is 13.3. The van der Waals surface area contributed by atoms with Gasteiger partial charge in [-0.2, -0.15) is 4.98 Å². The number of hydrogen-bond acceptors (Lipinski definition) is 10. The number of benzene rings is 3. The first kappa shape index (κ1) is 30.0. The summed E-state index contributed by atoms with van der Waals surface area (Å²) in [7, 11) is 4.57. The maximum Gasteiger partial charge on any atom is 0.262 e. The van der Waals surface area contributed by atoms with Gasteiger partial charge in [0.05, 0.1) is 37.1 Å². The summed E-state index contributed by atoms with van der Waals surface area (Å²) >= 11 is 12.6. The summed E-state index contributed by atoms with van der Waals surface area (Å²) in [5.74, 6) is 1.43. The summed E-state index contributed by atoms with van der Waals surface area (Å²) in [6.45, 7) is 3.68. The molecule has 2 heterocycles. The second-order valence-electron chi connectivity index (χ2n) is 9.34. The zero-order valence-corrected chi connectivity index (χ0v) is 25.3. The van der Waals surface area contributed by atoms with Crippen molar-refractivity contribution in [3.63, 3.8) is 0 Å². The van der Waals surface area contributed by atoms with Crippen LogP contribution in [0.3, 0.4) is 0 Å². The average molecular weight is 626 g/mol. The largest absolute Gasteiger partial charge is 0.493 e. The van der Waals surface area contributed by atoms with Crippen molar-refractivity contribution >= 4 is 52.1 Å². The van der Waals surface area contributed by atoms with Gasteiger partial charge in [0.15, 0.2) is 11.5 Å². The third-order valence-corrected chi connectivity index (χ3v) is 7.28. The number of carbonyl (C=O) groups excluding carboxylic acids is 1. The van der Waals surface area contributed by atoms with Crippen LogP contribution in [0.4, 0.5) is 23.0 Å². The molecule has 43 heavy (non-hydrogen) atoms. The van der Waals surface area contributed by atoms with Crippen molar-refractivity contribution in [2.24, 2.45) is 0 Å². The normalized spacial score (nSPS) is 12.8. The van der Waals surface area contributed by atoms with E-state index in [9.17, 15) is 4.79 Å². The van der Waals surface area contributed by atoms with E-state index in [-0.39, 0.29) is 33.1 Å². The van der Waals surface area contributed by atoms with Crippen molar-refractivity contribution < 1.29 is 23.7 Å². The molecule has 5 rings (SSSR count). The summed E-state index contributed by atoms with van der Waals surface area (Å²) in [6.07, 6.45) is 1.36. The average Bonchev–Trinajstić information content (AvgIpc) is 3.03. The minimum atomic E-state index is -0.554. The summed E-state index contributed by atoms with van der Waals surface area (Å²) in [5, 5.41) is 9.78. The zero-order chi connectivity index (χ0) is 30.3. The fraction of sp³-hybridized carbons (Fsp3) is 0.233. The molecule has 0 spiro atoms. The lowest BCUT2D eigenvalue weighted by atomic mass is 10.2. The van der Waals surface area contributed by atoms with Crippen molar-refractivity contribution in [2.45, 2.75) is 0 Å². The highest BCUT2D eigenvalue weighted by Gasteiger charge is 2.21. The van der Waals surface area contributed by atoms with Crippen LogP contribution < -0.4 is 39.8 Å². The van der Waals surface area contributed by atoms with E-state index < -0.39 is 5.91 Å². The van der Waals surface area contributed by atoms with Crippen molar-refractivity contribution in [1.29, 1.82) is 0 Å². The molecule has 0 bridgehead atoms. The fourth-order valence-electron chi connectivity index (χ4n) is 4.50. The number of ether oxygens (including phenoxy) is 4. The predicted octanol–water partition coefficient (Wildman–Crippen LogP) is 6.01. The smallest absolute Gasteiger partial charge is 0.262 e. The molecule has 1 amide bonds. The van der Waals surface area contributed by atoms with Crippen LogP contribution in [-0.2, 0) is 0 Å². The third-order valence-electron chi connectivity index (χ3n) is 6.65. The number of methoxy groups -OCH3 is 3. The number of nitrogens with zero attached hydrogens (tertiary/aromatic N) is 3. The first-order valence-corrected chi connectivity index (χ1v) is 14.1. The van der Waals surface area contributed by atoms with Gasteiger partial charge in [-0.1, -0.05) is 29.3 Å². The topological polar surface area (TPSA) is 119 Å². The van der Waals surface area contributed by atoms with Gasteiger partial charge >= 0.3 is 0 Å². The molecule has 1 saturated heterocycles. The molecule has 0 unspecified atom stereocenters. The Kier molecular flexibility index (Phi) is 9.55. The van der Waals surface area contributed by atoms with E-state index in [0.29, 0.717) is 28.7 Å². The van der Waals surface area contributed by atoms with Crippen molar-refractivity contribution in [3.05, 3.63) is 76.4 Å². The number of piperazine rings is 1. The Bertz CT molecular complexity index is 1550. The van der Waals surface area contributed by atoms with Crippen LogP contribution in [0, 0.1) is 0 Å². The van der Waals surface area contributed by atoms with Crippen LogP contribution in [0.15, 0.2) is 60.8 Å². The van der Waals surface area contributed by atoms with E-state index in [1.807, 2.05) is 24.3 Å². The van der Waals surface area contributed by atoms with Crippen LogP contribution in [0.5, 0.6) is 28.9 Å². The SMILES string of the molecule is COc1cc(Nc2ncc(C(=O)Nc3c(Cl)cccc3Cl)c(Oc3ccc(N4CCNCC4)cc3)n2)cc(OC)c1OC. The number of rotatable bonds is 10. The molecular formula is C30H30Cl2N6O5. The second-order valence-corrected chi connectivity index (χ2v) is 10.1. The van der Waals surface area contributed by atoms with Gasteiger partial charge in [0.25, 0.3) is 5.91 Å². The van der Waals surface area contributed by atoms with Crippen molar-refractivity contribution in [3.8, 4) is 28.9 Å². The first-order chi connectivity index (χ1) is 20.9. The molecule has 1 aromatic heterocycles. The van der Waals surface area contributed by atoms with Gasteiger partial charge in [0.1, 0.15) is 11.3 Å². The fourth-order valence-corrected chi connectivity index (χ4v) is 4.99. The van der Waals surface area contributed by atoms with Crippen LogP contribution in [-0.4, -0.2) is 63.4 Å². The van der Waals surface area contributed by atoms with Gasteiger partial charge < -0.3 is 39.8 Å². The van der Waals surface area contributed by atoms with Crippen molar-refractivity contribution in [1.82, 2.24) is 15.3 Å². The highest BCUT2D eigenvalue weighted by atomic mass is 35.5. The molecule has 224 valence electrons. The van der Waals surface area contributed by atoms with Gasteiger partial charge in [0.2, 0.25) is 17.6 Å². The molecule has 0 atom stereocenters. The highest BCUT2D eigenvalue weighted by molar-refractivity contribution is 6.40. The molecular weight excluding hydrogens is 595 g/mol. The maximum absolute atomic E-state index is 13.4. The third kappa shape index (κ3) is 6.96. The van der Waals surface area contributed by atoms with E-state index in [1.165, 1.54) is 27.5 Å². The van der Waals surface area contributed by atoms with Gasteiger partial charge in [-0.25, -0.2) is 4.98 Å². The van der Waals surface area contributed by atoms with Gasteiger partial charge in [-0.3, -0.25) is 4.79 Å². The van der Waals surface area contributed by atoms with E-state index in [2.05, 4.69) is 30.8 Å². The summed E-state index contributed by atoms with van der Waals surface area (Å²) in [5.41, 5.74) is 1.97. The molecule has 3 N–H and O–H groups in total. The molecule has 4 aromatic rings. The standard InChI is InChI=1S/C30H30Cl2N6O5/c1-40-24-15-18(16-25(41-2)27(24)42-3)35-30-34-17-21(28(39)36-26-22(31)5-4-6-23(26)32)29(37-30)43-20-9-7-19(8-10-20)38-13-11-33-12-14-38/h4-10,15-17,33H,11-14H2,1-3H3,(H,36,39)(H,34,35,37). The van der Waals surface area contributed by atoms with Crippen LogP contribution in [0.25, 0.3) is 0 Å². The van der Waals surface area contributed by atoms with Gasteiger partial charge in [-0.15, -0.1) is 0 Å². The Morgan fingerprint density at radius 3 is 2.19 bits per heavy atom. The summed E-state index contributed by atoms with van der Waals surface area (Å²) in [6, 6.07) is 16.0. The lowest BCUT2D eigenvalue weighted by Gasteiger charge is -2.29. The summed E-state index contributed by atoms with van der Waals surface area (Å²) < 4.78 is 22.5. The number of amides is 1. The second kappa shape index (κ2) is 13.7. The Balaban J connectivity index is 1.47. The zero-order valence-electron chi connectivity index (χ0n) is 23.7. The molecule has 0 saturated carbocycles. The Morgan fingerprint density at radius 2 is 1.58 bits per heavy atom. The predicted molar refractivity (Wildman–Crippen MR) is 167 cm³/mol. The number of aromatic nitrogens is 2. The number of halogens is 2. The maximum atomic E-state index is 13.4. The quantitative estimate of drug-likeness (QED) is 0.193. The lowest BCUT2D eigenvalue weighted by Crippen LogP contribution is -2.43. The minimum Gasteiger partial charge on any atom is -0.493 e. The molecule has 11 nitrogen and oxygen atoms in total. The van der Waals surface area contributed by atoms with E-state index in [0.717, 1.165) is 31.9 Å². The van der Waals surface area contributed by atoms with Gasteiger partial charge in [0, 0.05) is 55.9 Å². The molecule has 1 aliphatic rings. The lowest BCUT2D eigenvalue weighted by molar-refractivity contribution is 0.102. The van der Waals surface area contributed by atoms with E-state index in [4.69, 9.17) is 42.1 Å². The van der Waals surface area contributed by atoms with Gasteiger partial charge in [-0.05, 0) is 36.4 Å².